The lowest BCUT2D eigenvalue weighted by Gasteiger charge is -2.16. The summed E-state index contributed by atoms with van der Waals surface area (Å²) in [7, 11) is 0. The van der Waals surface area contributed by atoms with Gasteiger partial charge in [0.1, 0.15) is 6.61 Å². The van der Waals surface area contributed by atoms with Crippen LogP contribution in [0.15, 0.2) is 53.3 Å². The third-order valence-electron chi connectivity index (χ3n) is 5.70. The molecule has 1 atom stereocenters. The normalized spacial score (nSPS) is 15.8. The summed E-state index contributed by atoms with van der Waals surface area (Å²) in [6.07, 6.45) is -7.09. The van der Waals surface area contributed by atoms with E-state index in [2.05, 4.69) is 10.3 Å². The number of aliphatic hydroxyl groups is 2. The first kappa shape index (κ1) is 26.0. The fraction of sp³-hybridized carbons (Fsp3) is 0.292. The van der Waals surface area contributed by atoms with Crippen molar-refractivity contribution < 1.29 is 42.4 Å². The van der Waals surface area contributed by atoms with Crippen LogP contribution < -0.4 is 15.8 Å². The van der Waals surface area contributed by atoms with Crippen molar-refractivity contribution in [2.24, 2.45) is 0 Å². The topological polar surface area (TPSA) is 141 Å². The molecule has 1 saturated heterocycles. The number of H-pyrrole nitrogens is 1. The molecular weight excluding hydrogens is 499 g/mol. The number of aromatic amines is 1. The summed E-state index contributed by atoms with van der Waals surface area (Å²) in [6.45, 7) is -1.28. The lowest BCUT2D eigenvalue weighted by molar-refractivity contribution is -0.137. The van der Waals surface area contributed by atoms with Crippen molar-refractivity contribution in [3.63, 3.8) is 0 Å². The van der Waals surface area contributed by atoms with Gasteiger partial charge in [0.2, 0.25) is 0 Å². The quantitative estimate of drug-likeness (QED) is 0.375. The fourth-order valence-corrected chi connectivity index (χ4v) is 3.87. The number of alkyl halides is 3. The Kier molecular flexibility index (Phi) is 7.36. The van der Waals surface area contributed by atoms with Crippen LogP contribution in [-0.4, -0.2) is 65.9 Å². The van der Waals surface area contributed by atoms with Crippen LogP contribution in [0.1, 0.15) is 5.56 Å². The number of aliphatic hydroxyl groups excluding tert-OH is 2. The molecule has 37 heavy (non-hydrogen) atoms. The summed E-state index contributed by atoms with van der Waals surface area (Å²) >= 11 is 0. The molecule has 10 nitrogen and oxygen atoms in total. The zero-order valence-corrected chi connectivity index (χ0v) is 19.1. The molecule has 4 rings (SSSR count). The Morgan fingerprint density at radius 3 is 2.59 bits per heavy atom. The van der Waals surface area contributed by atoms with Gasteiger partial charge in [-0.1, -0.05) is 24.3 Å². The van der Waals surface area contributed by atoms with Gasteiger partial charge in [0.15, 0.2) is 6.10 Å². The third kappa shape index (κ3) is 5.67. The molecule has 0 saturated carbocycles. The summed E-state index contributed by atoms with van der Waals surface area (Å²) in [5.74, 6) is 0. The lowest BCUT2D eigenvalue weighted by atomic mass is 10.0. The predicted octanol–water partition coefficient (Wildman–Crippen LogP) is 2.62. The Morgan fingerprint density at radius 1 is 1.16 bits per heavy atom. The zero-order chi connectivity index (χ0) is 26.7. The summed E-state index contributed by atoms with van der Waals surface area (Å²) in [5.41, 5.74) is -1.39. The number of halogens is 3. The van der Waals surface area contributed by atoms with Crippen LogP contribution >= 0.6 is 0 Å². The molecule has 1 aliphatic heterocycles. The third-order valence-corrected chi connectivity index (χ3v) is 5.70. The average Bonchev–Trinajstić information content (AvgIpc) is 3.25. The van der Waals surface area contributed by atoms with Gasteiger partial charge >= 0.3 is 18.4 Å². The number of carbonyl (C=O) groups excluding carboxylic acids is 2. The molecule has 0 aliphatic carbocycles. The maximum atomic E-state index is 13.4. The number of benzene rings is 2. The predicted molar refractivity (Wildman–Crippen MR) is 125 cm³/mol. The highest BCUT2D eigenvalue weighted by molar-refractivity contribution is 5.94. The highest BCUT2D eigenvalue weighted by Crippen LogP contribution is 2.36. The Hall–Kier alpha value is -4.10. The molecule has 1 aliphatic rings. The molecule has 2 heterocycles. The minimum Gasteiger partial charge on any atom is -0.446 e. The van der Waals surface area contributed by atoms with Crippen molar-refractivity contribution in [2.45, 2.75) is 18.3 Å². The maximum absolute atomic E-state index is 13.4. The van der Waals surface area contributed by atoms with Crippen molar-refractivity contribution in [1.29, 1.82) is 0 Å². The molecule has 2 aromatic carbocycles. The van der Waals surface area contributed by atoms with Gasteiger partial charge < -0.3 is 30.0 Å². The maximum Gasteiger partial charge on any atom is 0.417 e. The van der Waals surface area contributed by atoms with E-state index in [0.29, 0.717) is 11.1 Å². The standard InChI is InChI=1S/C24H22F3N3O7/c25-24(26,27)19-4-2-1-3-17(19)20-7-13-5-6-15(8-18(13)21(33)29-20)30-9-16(37-23(30)35)12-36-22(34)28-14(10-31)11-32/h1-8,14,16,31-32H,9-12H2,(H,28,34)(H,29,33). The SMILES string of the molecule is O=C(NC(CO)CO)OCC1CN(c2ccc3cc(-c4ccccc4C(F)(F)F)[nH]c(=O)c3c2)C(=O)O1. The van der Waals surface area contributed by atoms with E-state index in [0.717, 1.165) is 6.07 Å². The number of anilines is 1. The Balaban J connectivity index is 1.52. The number of hydrogen-bond acceptors (Lipinski definition) is 7. The number of hydrogen-bond donors (Lipinski definition) is 4. The lowest BCUT2D eigenvalue weighted by Crippen LogP contribution is -2.41. The molecule has 13 heteroatoms. The molecule has 2 amide bonds. The summed E-state index contributed by atoms with van der Waals surface area (Å²) in [6, 6.07) is 9.88. The van der Waals surface area contributed by atoms with Crippen molar-refractivity contribution in [3.8, 4) is 11.3 Å². The fourth-order valence-electron chi connectivity index (χ4n) is 3.87. The van der Waals surface area contributed by atoms with Gasteiger partial charge in [-0.2, -0.15) is 13.2 Å². The highest BCUT2D eigenvalue weighted by atomic mass is 19.4. The van der Waals surface area contributed by atoms with E-state index in [1.807, 2.05) is 0 Å². The minimum atomic E-state index is -4.61. The summed E-state index contributed by atoms with van der Waals surface area (Å²) in [5, 5.41) is 20.7. The molecule has 0 radical (unpaired) electrons. The first-order valence-electron chi connectivity index (χ1n) is 11.1. The van der Waals surface area contributed by atoms with Crippen LogP contribution in [0.3, 0.4) is 0 Å². The van der Waals surface area contributed by atoms with Gasteiger partial charge in [0, 0.05) is 22.3 Å². The summed E-state index contributed by atoms with van der Waals surface area (Å²) < 4.78 is 50.5. The van der Waals surface area contributed by atoms with Gasteiger partial charge in [-0.25, -0.2) is 9.59 Å². The number of fused-ring (bicyclic) bond motifs is 1. The molecule has 1 fully saturated rings. The van der Waals surface area contributed by atoms with Crippen molar-refractivity contribution in [2.75, 3.05) is 31.3 Å². The van der Waals surface area contributed by atoms with Crippen LogP contribution in [0.25, 0.3) is 22.0 Å². The molecule has 3 aromatic rings. The smallest absolute Gasteiger partial charge is 0.417 e. The van der Waals surface area contributed by atoms with Crippen LogP contribution in [0.2, 0.25) is 0 Å². The number of alkyl carbamates (subject to hydrolysis) is 1. The number of ether oxygens (including phenoxy) is 2. The second-order valence-electron chi connectivity index (χ2n) is 8.25. The number of cyclic esters (lactones) is 1. The van der Waals surface area contributed by atoms with Gasteiger partial charge in [-0.05, 0) is 29.7 Å². The van der Waals surface area contributed by atoms with Gasteiger partial charge in [0.05, 0.1) is 31.4 Å². The Labute approximate surface area is 207 Å². The van der Waals surface area contributed by atoms with Crippen LogP contribution in [-0.2, 0) is 15.7 Å². The highest BCUT2D eigenvalue weighted by Gasteiger charge is 2.35. The number of pyridine rings is 1. The van der Waals surface area contributed by atoms with Crippen LogP contribution in [0, 0.1) is 0 Å². The van der Waals surface area contributed by atoms with E-state index < -0.39 is 54.8 Å². The number of nitrogens with one attached hydrogen (secondary N) is 2. The van der Waals surface area contributed by atoms with Crippen LogP contribution in [0.5, 0.6) is 0 Å². The first-order chi connectivity index (χ1) is 17.6. The first-order valence-corrected chi connectivity index (χ1v) is 11.1. The van der Waals surface area contributed by atoms with E-state index in [1.165, 1.54) is 47.4 Å². The second-order valence-corrected chi connectivity index (χ2v) is 8.25. The van der Waals surface area contributed by atoms with Crippen LogP contribution in [0.4, 0.5) is 28.4 Å². The monoisotopic (exact) mass is 521 g/mol. The Bertz CT molecular complexity index is 1370. The number of amides is 2. The van der Waals surface area contributed by atoms with Gasteiger partial charge in [-0.15, -0.1) is 0 Å². The number of aromatic nitrogens is 1. The van der Waals surface area contributed by atoms with E-state index >= 15 is 0 Å². The Morgan fingerprint density at radius 2 is 1.89 bits per heavy atom. The average molecular weight is 521 g/mol. The van der Waals surface area contributed by atoms with E-state index in [1.54, 1.807) is 0 Å². The van der Waals surface area contributed by atoms with Gasteiger partial charge in [0.25, 0.3) is 5.56 Å². The molecule has 0 spiro atoms. The molecule has 1 aromatic heterocycles. The van der Waals surface area contributed by atoms with Crippen molar-refractivity contribution in [1.82, 2.24) is 10.3 Å². The van der Waals surface area contributed by atoms with E-state index in [-0.39, 0.29) is 29.8 Å². The van der Waals surface area contributed by atoms with Gasteiger partial charge in [-0.3, -0.25) is 9.69 Å². The number of rotatable bonds is 7. The zero-order valence-electron chi connectivity index (χ0n) is 19.1. The number of carbonyl (C=O) groups is 2. The molecular formula is C24H22F3N3O7. The van der Waals surface area contributed by atoms with E-state index in [4.69, 9.17) is 19.7 Å². The minimum absolute atomic E-state index is 0.00104. The summed E-state index contributed by atoms with van der Waals surface area (Å²) in [4.78, 5) is 40.6. The molecule has 196 valence electrons. The molecule has 0 bridgehead atoms. The van der Waals surface area contributed by atoms with Crippen molar-refractivity contribution in [3.05, 3.63) is 64.4 Å². The molecule has 4 N–H and O–H groups in total. The molecule has 1 unspecified atom stereocenters. The van der Waals surface area contributed by atoms with Crippen molar-refractivity contribution >= 4 is 28.6 Å². The number of nitrogens with zero attached hydrogens (tertiary/aromatic N) is 1. The van der Waals surface area contributed by atoms with E-state index in [9.17, 15) is 27.6 Å². The largest absolute Gasteiger partial charge is 0.446 e. The second kappa shape index (κ2) is 10.5.